The third-order valence-corrected chi connectivity index (χ3v) is 17.0. The molecule has 0 radical (unpaired) electrons. The van der Waals surface area contributed by atoms with Crippen molar-refractivity contribution in [1.29, 1.82) is 0 Å². The SMILES string of the molecule is CCCCCCCCCCCCCCCCCCC(=O)O[C@H](COC(=O)CCCCCCCCCCCC)COP(=O)(O)OC[C@@H](O)COP(=O)(O)OC[C@@H](COC(=O)CCCCCCCCCCC)OC(=O)CCCCCCCCCCC. The highest BCUT2D eigenvalue weighted by molar-refractivity contribution is 7.47. The van der Waals surface area contributed by atoms with Crippen LogP contribution in [0.25, 0.3) is 0 Å². The van der Waals surface area contributed by atoms with Gasteiger partial charge >= 0.3 is 39.5 Å². The first-order valence-corrected chi connectivity index (χ1v) is 37.3. The van der Waals surface area contributed by atoms with Gasteiger partial charge in [0.1, 0.15) is 19.3 Å². The van der Waals surface area contributed by atoms with Crippen molar-refractivity contribution in [1.82, 2.24) is 0 Å². The number of aliphatic hydroxyl groups excluding tert-OH is 1. The Hall–Kier alpha value is -1.94. The molecule has 0 heterocycles. The molecule has 0 amide bonds. The highest BCUT2D eigenvalue weighted by Crippen LogP contribution is 2.45. The number of hydrogen-bond donors (Lipinski definition) is 3. The summed E-state index contributed by atoms with van der Waals surface area (Å²) in [7, 11) is -9.88. The van der Waals surface area contributed by atoms with Gasteiger partial charge in [-0.05, 0) is 25.7 Å². The normalized spacial score (nSPS) is 14.1. The molecule has 2 unspecified atom stereocenters. The highest BCUT2D eigenvalue weighted by atomic mass is 31.2. The van der Waals surface area contributed by atoms with Gasteiger partial charge in [0, 0.05) is 25.7 Å². The van der Waals surface area contributed by atoms with Crippen LogP contribution in [-0.2, 0) is 65.4 Å². The fourth-order valence-electron chi connectivity index (χ4n) is 9.81. The van der Waals surface area contributed by atoms with Crippen LogP contribution >= 0.6 is 15.6 Å². The molecule has 0 aromatic rings. The molecule has 84 heavy (non-hydrogen) atoms. The highest BCUT2D eigenvalue weighted by Gasteiger charge is 2.30. The monoisotopic (exact) mass is 1240 g/mol. The van der Waals surface area contributed by atoms with Gasteiger partial charge in [-0.2, -0.15) is 0 Å². The lowest BCUT2D eigenvalue weighted by Gasteiger charge is -2.21. The number of esters is 4. The topological polar surface area (TPSA) is 237 Å². The van der Waals surface area contributed by atoms with Crippen LogP contribution in [0.4, 0.5) is 0 Å². The van der Waals surface area contributed by atoms with Gasteiger partial charge in [0.2, 0.25) is 0 Å². The minimum Gasteiger partial charge on any atom is -0.462 e. The molecule has 0 saturated heterocycles. The first-order chi connectivity index (χ1) is 40.7. The average molecular weight is 1240 g/mol. The van der Waals surface area contributed by atoms with Gasteiger partial charge in [-0.1, -0.05) is 285 Å². The van der Waals surface area contributed by atoms with Crippen molar-refractivity contribution >= 4 is 39.5 Å². The number of phosphoric ester groups is 2. The van der Waals surface area contributed by atoms with Gasteiger partial charge in [-0.25, -0.2) is 9.13 Å². The number of unbranched alkanes of at least 4 members (excludes halogenated alkanes) is 40. The molecular weight excluding hydrogens is 1110 g/mol. The summed E-state index contributed by atoms with van der Waals surface area (Å²) >= 11 is 0. The molecule has 17 nitrogen and oxygen atoms in total. The fraction of sp³-hybridized carbons (Fsp3) is 0.938. The Balaban J connectivity index is 5.19. The maximum Gasteiger partial charge on any atom is 0.472 e. The van der Waals surface area contributed by atoms with E-state index in [1.165, 1.54) is 167 Å². The second-order valence-corrected chi connectivity index (χ2v) is 26.4. The molecule has 0 aliphatic carbocycles. The zero-order chi connectivity index (χ0) is 61.9. The molecule has 0 spiro atoms. The van der Waals surface area contributed by atoms with Gasteiger partial charge in [0.05, 0.1) is 26.4 Å². The predicted molar refractivity (Wildman–Crippen MR) is 335 cm³/mol. The Morgan fingerprint density at radius 1 is 0.286 bits per heavy atom. The van der Waals surface area contributed by atoms with E-state index >= 15 is 0 Å². The van der Waals surface area contributed by atoms with Crippen LogP contribution in [0.15, 0.2) is 0 Å². The lowest BCUT2D eigenvalue weighted by molar-refractivity contribution is -0.161. The summed E-state index contributed by atoms with van der Waals surface area (Å²) in [6.07, 6.45) is 45.8. The molecule has 19 heteroatoms. The number of rotatable bonds is 66. The van der Waals surface area contributed by atoms with Gasteiger partial charge in [0.15, 0.2) is 12.2 Å². The molecule has 0 aromatic carbocycles. The second-order valence-electron chi connectivity index (χ2n) is 23.5. The largest absolute Gasteiger partial charge is 0.472 e. The van der Waals surface area contributed by atoms with E-state index in [-0.39, 0.29) is 25.7 Å². The Labute approximate surface area is 511 Å². The molecular formula is C65H126O17P2. The molecule has 0 bridgehead atoms. The third-order valence-electron chi connectivity index (χ3n) is 15.1. The maximum absolute atomic E-state index is 13.0. The van der Waals surface area contributed by atoms with E-state index in [2.05, 4.69) is 27.7 Å². The Bertz CT molecular complexity index is 1620. The van der Waals surface area contributed by atoms with Crippen LogP contribution in [0, 0.1) is 0 Å². The van der Waals surface area contributed by atoms with E-state index in [0.29, 0.717) is 25.7 Å². The van der Waals surface area contributed by atoms with Crippen molar-refractivity contribution in [2.24, 2.45) is 0 Å². The summed E-state index contributed by atoms with van der Waals surface area (Å²) in [5, 5.41) is 10.5. The minimum atomic E-state index is -4.94. The zero-order valence-corrected chi connectivity index (χ0v) is 55.7. The summed E-state index contributed by atoms with van der Waals surface area (Å²) < 4.78 is 68.0. The third kappa shape index (κ3) is 59.0. The van der Waals surface area contributed by atoms with E-state index in [9.17, 15) is 43.2 Å². The summed E-state index contributed by atoms with van der Waals surface area (Å²) in [5.41, 5.74) is 0. The zero-order valence-electron chi connectivity index (χ0n) is 53.9. The lowest BCUT2D eigenvalue weighted by Crippen LogP contribution is -2.30. The second kappa shape index (κ2) is 60.0. The number of carbonyl (C=O) groups is 4. The molecule has 498 valence electrons. The Kier molecular flexibility index (Phi) is 58.6. The molecule has 0 aromatic heterocycles. The van der Waals surface area contributed by atoms with Crippen LogP contribution < -0.4 is 0 Å². The summed E-state index contributed by atoms with van der Waals surface area (Å²) in [6.45, 7) is 4.87. The summed E-state index contributed by atoms with van der Waals surface area (Å²) in [5.74, 6) is -2.13. The van der Waals surface area contributed by atoms with E-state index in [0.717, 1.165) is 89.9 Å². The number of hydrogen-bond acceptors (Lipinski definition) is 15. The number of phosphoric acid groups is 2. The van der Waals surface area contributed by atoms with Gasteiger partial charge < -0.3 is 33.8 Å². The quantitative estimate of drug-likeness (QED) is 0.0222. The van der Waals surface area contributed by atoms with Crippen molar-refractivity contribution in [3.05, 3.63) is 0 Å². The van der Waals surface area contributed by atoms with Crippen molar-refractivity contribution < 1.29 is 80.2 Å². The number of carbonyl (C=O) groups excluding carboxylic acids is 4. The van der Waals surface area contributed by atoms with E-state index in [4.69, 9.17) is 37.0 Å². The van der Waals surface area contributed by atoms with E-state index in [1.807, 2.05) is 0 Å². The molecule has 0 fully saturated rings. The van der Waals surface area contributed by atoms with Crippen molar-refractivity contribution in [3.8, 4) is 0 Å². The Morgan fingerprint density at radius 2 is 0.476 bits per heavy atom. The first-order valence-electron chi connectivity index (χ1n) is 34.3. The lowest BCUT2D eigenvalue weighted by atomic mass is 10.0. The van der Waals surface area contributed by atoms with E-state index < -0.39 is 97.5 Å². The molecule has 3 N–H and O–H groups in total. The average Bonchev–Trinajstić information content (AvgIpc) is 3.56. The van der Waals surface area contributed by atoms with Crippen molar-refractivity contribution in [2.75, 3.05) is 39.6 Å². The van der Waals surface area contributed by atoms with Crippen LogP contribution in [0.3, 0.4) is 0 Å². The smallest absolute Gasteiger partial charge is 0.462 e. The van der Waals surface area contributed by atoms with Gasteiger partial charge in [-0.3, -0.25) is 37.3 Å². The Morgan fingerprint density at radius 3 is 0.702 bits per heavy atom. The van der Waals surface area contributed by atoms with Crippen LogP contribution in [0.5, 0.6) is 0 Å². The van der Waals surface area contributed by atoms with Crippen LogP contribution in [0.2, 0.25) is 0 Å². The van der Waals surface area contributed by atoms with Crippen LogP contribution in [0.1, 0.15) is 336 Å². The van der Waals surface area contributed by atoms with E-state index in [1.54, 1.807) is 0 Å². The van der Waals surface area contributed by atoms with Crippen molar-refractivity contribution in [2.45, 2.75) is 354 Å². The number of ether oxygens (including phenoxy) is 4. The molecule has 5 atom stereocenters. The number of aliphatic hydroxyl groups is 1. The first kappa shape index (κ1) is 82.1. The van der Waals surface area contributed by atoms with Crippen molar-refractivity contribution in [3.63, 3.8) is 0 Å². The fourth-order valence-corrected chi connectivity index (χ4v) is 11.4. The summed E-state index contributed by atoms with van der Waals surface area (Å²) in [4.78, 5) is 72.2. The maximum atomic E-state index is 13.0. The molecule has 0 aliphatic rings. The molecule has 0 aliphatic heterocycles. The summed E-state index contributed by atoms with van der Waals surface area (Å²) in [6, 6.07) is 0. The van der Waals surface area contributed by atoms with Gasteiger partial charge in [0.25, 0.3) is 0 Å². The minimum absolute atomic E-state index is 0.106. The van der Waals surface area contributed by atoms with Gasteiger partial charge in [-0.15, -0.1) is 0 Å². The standard InChI is InChI=1S/C65H126O17P2/c1-5-9-13-17-21-25-27-28-29-30-31-32-36-40-44-48-52-65(70)82-61(56-76-63(68)50-46-42-38-35-26-22-18-14-10-6-2)58-80-84(73,74)78-54-59(66)53-77-83(71,72)79-57-60(81-64(69)51-47-43-39-34-24-20-16-12-8-4)55-75-62(67)49-45-41-37-33-23-19-15-11-7-3/h59-61,66H,5-58H2,1-4H3,(H,71,72)(H,73,74)/t59-,60+,61+/m0/s1. The predicted octanol–water partition coefficient (Wildman–Crippen LogP) is 18.3. The molecule has 0 rings (SSSR count). The van der Waals surface area contributed by atoms with Crippen LogP contribution in [-0.4, -0.2) is 96.7 Å². The molecule has 0 saturated carbocycles.